The molecule has 5 heterocycles. The average Bonchev–Trinajstić information content (AvgIpc) is 3.64. The van der Waals surface area contributed by atoms with Gasteiger partial charge in [-0.25, -0.2) is 4.39 Å². The molecule has 10 nitrogen and oxygen atoms in total. The fraction of sp³-hybridized carbons (Fsp3) is 0.611. The second kappa shape index (κ2) is 14.2. The highest BCUT2D eigenvalue weighted by molar-refractivity contribution is 5.88. The van der Waals surface area contributed by atoms with E-state index in [1.165, 1.54) is 16.8 Å². The molecule has 0 bridgehead atoms. The normalized spacial score (nSPS) is 25.4. The molecule has 3 saturated heterocycles. The minimum absolute atomic E-state index is 0.0656. The number of anilines is 2. The van der Waals surface area contributed by atoms with Gasteiger partial charge in [-0.2, -0.15) is 15.2 Å². The number of amides is 1. The summed E-state index contributed by atoms with van der Waals surface area (Å²) in [5.74, 6) is 0.753. The Morgan fingerprint density at radius 1 is 1.15 bits per heavy atom. The molecule has 1 aromatic heterocycles. The maximum absolute atomic E-state index is 13.6. The first-order valence-electron chi connectivity index (χ1n) is 17.2. The Hall–Kier alpha value is -3.75. The van der Waals surface area contributed by atoms with Crippen LogP contribution in [-0.2, 0) is 17.8 Å². The number of aromatic nitrogens is 2. The standard InChI is InChI=1S/C36H49FN8O2/c1-26-8-5-9-32(27(26)2)43-19-13-30-31(24-43)39-35(47-25-36(3)14-7-16-41(36)4)40-34(30)44-20-21-45(29(23-44)11-15-38)33(46)10-6-17-42-18-12-28(37)22-42/h5-6,8-10,28-29H,7,11-14,16-25H2,1-4H3/b10-6+/t28?,29-,36-/m0/s1. The van der Waals surface area contributed by atoms with Crippen LogP contribution in [0.4, 0.5) is 15.9 Å². The molecule has 1 amide bonds. The van der Waals surface area contributed by atoms with Crippen molar-refractivity contribution in [1.82, 2.24) is 24.7 Å². The molecule has 3 atom stereocenters. The van der Waals surface area contributed by atoms with Crippen LogP contribution in [-0.4, -0.2) is 114 Å². The molecule has 0 saturated carbocycles. The van der Waals surface area contributed by atoms with Gasteiger partial charge in [0.1, 0.15) is 18.6 Å². The number of fused-ring (bicyclic) bond motifs is 1. The van der Waals surface area contributed by atoms with Crippen LogP contribution in [0.2, 0.25) is 0 Å². The molecule has 0 N–H and O–H groups in total. The van der Waals surface area contributed by atoms with Crippen LogP contribution in [0.5, 0.6) is 6.01 Å². The van der Waals surface area contributed by atoms with Gasteiger partial charge in [0, 0.05) is 63.1 Å². The zero-order valence-electron chi connectivity index (χ0n) is 28.4. The Morgan fingerprint density at radius 2 is 2.00 bits per heavy atom. The second-order valence-electron chi connectivity index (χ2n) is 14.0. The minimum atomic E-state index is -0.785. The van der Waals surface area contributed by atoms with E-state index in [0.717, 1.165) is 49.4 Å². The van der Waals surface area contributed by atoms with Gasteiger partial charge in [-0.15, -0.1) is 0 Å². The highest BCUT2D eigenvalue weighted by atomic mass is 19.1. The number of rotatable bonds is 9. The third kappa shape index (κ3) is 7.24. The molecule has 11 heteroatoms. The first-order chi connectivity index (χ1) is 22.6. The number of alkyl halides is 1. The molecule has 4 aliphatic rings. The zero-order valence-corrected chi connectivity index (χ0v) is 28.4. The monoisotopic (exact) mass is 644 g/mol. The lowest BCUT2D eigenvalue weighted by Crippen LogP contribution is -2.55. The smallest absolute Gasteiger partial charge is 0.318 e. The maximum atomic E-state index is 13.6. The van der Waals surface area contributed by atoms with E-state index >= 15 is 0 Å². The lowest BCUT2D eigenvalue weighted by Gasteiger charge is -2.42. The van der Waals surface area contributed by atoms with Gasteiger partial charge in [-0.05, 0) is 77.2 Å². The van der Waals surface area contributed by atoms with E-state index in [1.807, 2.05) is 15.9 Å². The minimum Gasteiger partial charge on any atom is -0.461 e. The molecular weight excluding hydrogens is 595 g/mol. The SMILES string of the molecule is Cc1cccc(N2CCc3c(nc(OC[C@]4(C)CCCN4C)nc3N3CCN(C(=O)/C=C/CN4CCC(F)C4)[C@@H](CC#N)C3)C2)c1C. The van der Waals surface area contributed by atoms with Gasteiger partial charge in [0.25, 0.3) is 0 Å². The Kier molecular flexibility index (Phi) is 9.99. The van der Waals surface area contributed by atoms with Crippen LogP contribution < -0.4 is 14.5 Å². The molecule has 3 fully saturated rings. The summed E-state index contributed by atoms with van der Waals surface area (Å²) in [5, 5.41) is 9.73. The summed E-state index contributed by atoms with van der Waals surface area (Å²) < 4.78 is 20.0. The molecule has 0 radical (unpaired) electrons. The van der Waals surface area contributed by atoms with Crippen molar-refractivity contribution in [2.24, 2.45) is 0 Å². The molecule has 1 unspecified atom stereocenters. The number of likely N-dealkylation sites (N-methyl/N-ethyl adjacent to an activating group) is 1. The summed E-state index contributed by atoms with van der Waals surface area (Å²) in [5.41, 5.74) is 5.80. The predicted molar refractivity (Wildman–Crippen MR) is 182 cm³/mol. The van der Waals surface area contributed by atoms with Gasteiger partial charge in [0.15, 0.2) is 0 Å². The van der Waals surface area contributed by atoms with Crippen LogP contribution >= 0.6 is 0 Å². The Bertz CT molecular complexity index is 1530. The third-order valence-corrected chi connectivity index (χ3v) is 10.8. The summed E-state index contributed by atoms with van der Waals surface area (Å²) in [4.78, 5) is 34.2. The van der Waals surface area contributed by atoms with Gasteiger partial charge in [0.2, 0.25) is 5.91 Å². The van der Waals surface area contributed by atoms with E-state index in [0.29, 0.717) is 64.9 Å². The fourth-order valence-electron chi connectivity index (χ4n) is 7.53. The predicted octanol–water partition coefficient (Wildman–Crippen LogP) is 4.05. The Labute approximate surface area is 278 Å². The van der Waals surface area contributed by atoms with Crippen molar-refractivity contribution in [1.29, 1.82) is 5.26 Å². The first kappa shape index (κ1) is 33.2. The number of halogens is 1. The Balaban J connectivity index is 1.23. The summed E-state index contributed by atoms with van der Waals surface area (Å²) in [6.45, 7) is 12.9. The molecule has 252 valence electrons. The number of hydrogen-bond donors (Lipinski definition) is 0. The van der Waals surface area contributed by atoms with Crippen molar-refractivity contribution in [2.45, 2.75) is 77.2 Å². The van der Waals surface area contributed by atoms with Crippen LogP contribution in [0, 0.1) is 25.2 Å². The highest BCUT2D eigenvalue weighted by Crippen LogP contribution is 2.35. The molecule has 1 aromatic carbocycles. The number of likely N-dealkylation sites (tertiary alicyclic amines) is 2. The van der Waals surface area contributed by atoms with Gasteiger partial charge >= 0.3 is 6.01 Å². The number of aryl methyl sites for hydroxylation is 1. The van der Waals surface area contributed by atoms with Crippen molar-refractivity contribution in [3.63, 3.8) is 0 Å². The maximum Gasteiger partial charge on any atom is 0.318 e. The van der Waals surface area contributed by atoms with Crippen molar-refractivity contribution in [3.8, 4) is 12.1 Å². The molecule has 47 heavy (non-hydrogen) atoms. The van der Waals surface area contributed by atoms with E-state index in [2.05, 4.69) is 66.8 Å². The van der Waals surface area contributed by atoms with Gasteiger partial charge in [0.05, 0.1) is 36.3 Å². The van der Waals surface area contributed by atoms with Crippen molar-refractivity contribution in [2.75, 3.05) is 75.8 Å². The van der Waals surface area contributed by atoms with Gasteiger partial charge in [-0.1, -0.05) is 18.2 Å². The quantitative estimate of drug-likeness (QED) is 0.375. The lowest BCUT2D eigenvalue weighted by atomic mass is 10.0. The summed E-state index contributed by atoms with van der Waals surface area (Å²) in [6.07, 6.45) is 6.41. The van der Waals surface area contributed by atoms with Gasteiger partial charge in [-0.3, -0.25) is 14.6 Å². The number of piperazine rings is 1. The zero-order chi connectivity index (χ0) is 33.1. The number of nitrogens with zero attached hydrogens (tertiary/aromatic N) is 8. The lowest BCUT2D eigenvalue weighted by molar-refractivity contribution is -0.128. The van der Waals surface area contributed by atoms with Crippen molar-refractivity contribution >= 4 is 17.4 Å². The Morgan fingerprint density at radius 3 is 2.74 bits per heavy atom. The molecule has 0 aliphatic carbocycles. The number of hydrogen-bond acceptors (Lipinski definition) is 9. The number of carbonyl (C=O) groups excluding carboxylic acids is 1. The third-order valence-electron chi connectivity index (χ3n) is 10.8. The summed E-state index contributed by atoms with van der Waals surface area (Å²) in [6, 6.07) is 8.86. The van der Waals surface area contributed by atoms with Crippen molar-refractivity contribution < 1.29 is 13.9 Å². The van der Waals surface area contributed by atoms with Crippen LogP contribution in [0.15, 0.2) is 30.4 Å². The number of carbonyl (C=O) groups is 1. The fourth-order valence-corrected chi connectivity index (χ4v) is 7.53. The molecular formula is C36H49FN8O2. The molecule has 2 aromatic rings. The van der Waals surface area contributed by atoms with E-state index in [9.17, 15) is 14.4 Å². The first-order valence-corrected chi connectivity index (χ1v) is 17.2. The largest absolute Gasteiger partial charge is 0.461 e. The number of ether oxygens (including phenoxy) is 1. The van der Waals surface area contributed by atoms with Crippen LogP contribution in [0.25, 0.3) is 0 Å². The van der Waals surface area contributed by atoms with Crippen LogP contribution in [0.3, 0.4) is 0 Å². The molecule has 4 aliphatic heterocycles. The highest BCUT2D eigenvalue weighted by Gasteiger charge is 2.36. The summed E-state index contributed by atoms with van der Waals surface area (Å²) >= 11 is 0. The van der Waals surface area contributed by atoms with Gasteiger partial charge < -0.3 is 19.4 Å². The van der Waals surface area contributed by atoms with Crippen LogP contribution in [0.1, 0.15) is 55.0 Å². The summed E-state index contributed by atoms with van der Waals surface area (Å²) in [7, 11) is 2.15. The molecule has 6 rings (SSSR count). The van der Waals surface area contributed by atoms with E-state index in [4.69, 9.17) is 14.7 Å². The van der Waals surface area contributed by atoms with E-state index in [1.54, 1.807) is 6.08 Å². The number of benzene rings is 1. The van der Waals surface area contributed by atoms with E-state index in [-0.39, 0.29) is 23.9 Å². The van der Waals surface area contributed by atoms with E-state index < -0.39 is 6.17 Å². The number of nitriles is 1. The van der Waals surface area contributed by atoms with Crippen molar-refractivity contribution in [3.05, 3.63) is 52.7 Å². The average molecular weight is 645 g/mol. The molecule has 0 spiro atoms. The topological polar surface area (TPSA) is 92.1 Å². The second-order valence-corrected chi connectivity index (χ2v) is 14.0.